The first-order valence-corrected chi connectivity index (χ1v) is 8.54. The van der Waals surface area contributed by atoms with Crippen LogP contribution < -0.4 is 4.74 Å². The Morgan fingerprint density at radius 3 is 2.54 bits per heavy atom. The fourth-order valence-corrected chi connectivity index (χ4v) is 3.01. The van der Waals surface area contributed by atoms with Gasteiger partial charge in [0.15, 0.2) is 5.82 Å². The van der Waals surface area contributed by atoms with Crippen molar-refractivity contribution in [3.8, 4) is 22.8 Å². The van der Waals surface area contributed by atoms with E-state index in [1.807, 2.05) is 60.0 Å². The molecule has 26 heavy (non-hydrogen) atoms. The number of aromatic nitrogens is 3. The van der Waals surface area contributed by atoms with Crippen molar-refractivity contribution in [2.24, 2.45) is 0 Å². The molecule has 2 aromatic carbocycles. The normalized spacial score (nSPS) is 10.7. The zero-order valence-corrected chi connectivity index (χ0v) is 15.4. The van der Waals surface area contributed by atoms with E-state index >= 15 is 0 Å². The fourth-order valence-electron chi connectivity index (χ4n) is 2.69. The highest BCUT2D eigenvalue weighted by Crippen LogP contribution is 2.30. The third-order valence-electron chi connectivity index (χ3n) is 4.02. The molecule has 0 aliphatic heterocycles. The van der Waals surface area contributed by atoms with Gasteiger partial charge >= 0.3 is 5.97 Å². The summed E-state index contributed by atoms with van der Waals surface area (Å²) in [5.74, 6) is 0.392. The summed E-state index contributed by atoms with van der Waals surface area (Å²) >= 11 is 5.59. The van der Waals surface area contributed by atoms with E-state index in [0.717, 1.165) is 16.8 Å². The molecule has 1 heterocycles. The molecule has 3 aromatic rings. The summed E-state index contributed by atoms with van der Waals surface area (Å²) in [6.45, 7) is 2.22. The SMILES string of the molecule is COc1ccccc1-c1nn(CCC(=O)O)c(=S)n1-c1ccc(C)cc1. The molecule has 0 radical (unpaired) electrons. The Bertz CT molecular complexity index is 990. The van der Waals surface area contributed by atoms with Crippen LogP contribution in [0.15, 0.2) is 48.5 Å². The van der Waals surface area contributed by atoms with E-state index in [2.05, 4.69) is 5.10 Å². The summed E-state index contributed by atoms with van der Waals surface area (Å²) in [7, 11) is 1.60. The molecule has 1 N–H and O–H groups in total. The zero-order chi connectivity index (χ0) is 18.7. The first-order chi connectivity index (χ1) is 12.5. The number of carboxylic acid groups (broad SMARTS) is 1. The third-order valence-corrected chi connectivity index (χ3v) is 4.41. The van der Waals surface area contributed by atoms with E-state index in [1.165, 1.54) is 0 Å². The number of hydrogen-bond acceptors (Lipinski definition) is 4. The highest BCUT2D eigenvalue weighted by atomic mass is 32.1. The summed E-state index contributed by atoms with van der Waals surface area (Å²) in [6, 6.07) is 15.5. The molecule has 0 aliphatic rings. The van der Waals surface area contributed by atoms with Crippen molar-refractivity contribution in [1.82, 2.24) is 14.3 Å². The molecule has 0 aliphatic carbocycles. The number of nitrogens with zero attached hydrogens (tertiary/aromatic N) is 3. The predicted molar refractivity (Wildman–Crippen MR) is 101 cm³/mol. The number of aryl methyl sites for hydroxylation is 2. The van der Waals surface area contributed by atoms with Crippen LogP contribution in [0.3, 0.4) is 0 Å². The number of rotatable bonds is 6. The lowest BCUT2D eigenvalue weighted by Crippen LogP contribution is -2.06. The maximum Gasteiger partial charge on any atom is 0.305 e. The van der Waals surface area contributed by atoms with Crippen molar-refractivity contribution in [1.29, 1.82) is 0 Å². The molecule has 0 amide bonds. The summed E-state index contributed by atoms with van der Waals surface area (Å²) in [5.41, 5.74) is 2.79. The van der Waals surface area contributed by atoms with E-state index in [1.54, 1.807) is 11.8 Å². The topological polar surface area (TPSA) is 69.3 Å². The number of aliphatic carboxylic acids is 1. The average Bonchev–Trinajstić information content (AvgIpc) is 2.97. The maximum absolute atomic E-state index is 11.0. The van der Waals surface area contributed by atoms with Gasteiger partial charge in [-0.3, -0.25) is 9.36 Å². The minimum absolute atomic E-state index is 0.0510. The number of carboxylic acids is 1. The molecule has 134 valence electrons. The first-order valence-electron chi connectivity index (χ1n) is 8.13. The molecule has 0 spiro atoms. The van der Waals surface area contributed by atoms with E-state index in [9.17, 15) is 4.79 Å². The van der Waals surface area contributed by atoms with Gasteiger partial charge in [-0.15, -0.1) is 0 Å². The van der Waals surface area contributed by atoms with Crippen molar-refractivity contribution >= 4 is 18.2 Å². The van der Waals surface area contributed by atoms with Gasteiger partial charge in [-0.05, 0) is 43.4 Å². The molecule has 0 atom stereocenters. The van der Waals surface area contributed by atoms with Gasteiger partial charge in [0, 0.05) is 5.69 Å². The molecule has 3 rings (SSSR count). The van der Waals surface area contributed by atoms with Gasteiger partial charge in [0.05, 0.1) is 25.6 Å². The second-order valence-corrected chi connectivity index (χ2v) is 6.21. The Morgan fingerprint density at radius 1 is 1.19 bits per heavy atom. The fraction of sp³-hybridized carbons (Fsp3) is 0.211. The van der Waals surface area contributed by atoms with Crippen LogP contribution in [0, 0.1) is 11.7 Å². The Kier molecular flexibility index (Phi) is 5.18. The smallest absolute Gasteiger partial charge is 0.305 e. The number of benzene rings is 2. The Morgan fingerprint density at radius 2 is 1.88 bits per heavy atom. The van der Waals surface area contributed by atoms with Gasteiger partial charge in [0.1, 0.15) is 5.75 Å². The Hall–Kier alpha value is -2.93. The van der Waals surface area contributed by atoms with Gasteiger partial charge in [-0.2, -0.15) is 5.10 Å². The quantitative estimate of drug-likeness (QED) is 0.668. The van der Waals surface area contributed by atoms with Crippen LogP contribution in [-0.4, -0.2) is 32.5 Å². The lowest BCUT2D eigenvalue weighted by molar-refractivity contribution is -0.137. The van der Waals surface area contributed by atoms with Gasteiger partial charge in [0.2, 0.25) is 4.77 Å². The van der Waals surface area contributed by atoms with E-state index < -0.39 is 5.97 Å². The molecular weight excluding hydrogens is 350 g/mol. The summed E-state index contributed by atoms with van der Waals surface area (Å²) in [4.78, 5) is 11.0. The standard InChI is InChI=1S/C19H19N3O3S/c1-13-7-9-14(10-8-13)22-18(15-5-3-4-6-16(15)25-2)20-21(19(22)26)12-11-17(23)24/h3-10H,11-12H2,1-2H3,(H,23,24). The lowest BCUT2D eigenvalue weighted by atomic mass is 10.1. The van der Waals surface area contributed by atoms with Crippen LogP contribution in [-0.2, 0) is 11.3 Å². The zero-order valence-electron chi connectivity index (χ0n) is 14.5. The molecule has 0 saturated heterocycles. The number of hydrogen-bond donors (Lipinski definition) is 1. The van der Waals surface area contributed by atoms with Gasteiger partial charge in [-0.1, -0.05) is 29.8 Å². The highest BCUT2D eigenvalue weighted by Gasteiger charge is 2.18. The third kappa shape index (κ3) is 3.52. The molecule has 7 heteroatoms. The number of para-hydroxylation sites is 1. The van der Waals surface area contributed by atoms with Gasteiger partial charge in [-0.25, -0.2) is 4.68 Å². The minimum atomic E-state index is -0.893. The molecular formula is C19H19N3O3S. The van der Waals surface area contributed by atoms with Crippen LogP contribution >= 0.6 is 12.2 Å². The highest BCUT2D eigenvalue weighted by molar-refractivity contribution is 7.71. The van der Waals surface area contributed by atoms with Gasteiger partial charge in [0.25, 0.3) is 0 Å². The maximum atomic E-state index is 11.0. The second kappa shape index (κ2) is 7.53. The van der Waals surface area contributed by atoms with E-state index in [4.69, 9.17) is 22.1 Å². The van der Waals surface area contributed by atoms with E-state index in [-0.39, 0.29) is 13.0 Å². The van der Waals surface area contributed by atoms with E-state index in [0.29, 0.717) is 16.3 Å². The first kappa shape index (κ1) is 17.9. The summed E-state index contributed by atoms with van der Waals surface area (Å²) < 4.78 is 9.30. The second-order valence-electron chi connectivity index (χ2n) is 5.84. The van der Waals surface area contributed by atoms with Crippen molar-refractivity contribution < 1.29 is 14.6 Å². The number of methoxy groups -OCH3 is 1. The summed E-state index contributed by atoms with van der Waals surface area (Å²) in [6.07, 6.45) is -0.0510. The molecule has 0 bridgehead atoms. The monoisotopic (exact) mass is 369 g/mol. The Balaban J connectivity index is 2.21. The largest absolute Gasteiger partial charge is 0.496 e. The van der Waals surface area contributed by atoms with Crippen molar-refractivity contribution in [2.75, 3.05) is 7.11 Å². The van der Waals surface area contributed by atoms with Crippen molar-refractivity contribution in [3.05, 3.63) is 58.9 Å². The molecule has 1 aromatic heterocycles. The van der Waals surface area contributed by atoms with Crippen LogP contribution in [0.5, 0.6) is 5.75 Å². The molecule has 0 unspecified atom stereocenters. The van der Waals surface area contributed by atoms with Crippen LogP contribution in [0.25, 0.3) is 17.1 Å². The molecule has 0 saturated carbocycles. The number of carbonyl (C=O) groups is 1. The van der Waals surface area contributed by atoms with Crippen molar-refractivity contribution in [3.63, 3.8) is 0 Å². The average molecular weight is 369 g/mol. The van der Waals surface area contributed by atoms with Gasteiger partial charge < -0.3 is 9.84 Å². The van der Waals surface area contributed by atoms with Crippen LogP contribution in [0.2, 0.25) is 0 Å². The summed E-state index contributed by atoms with van der Waals surface area (Å²) in [5, 5.41) is 13.6. The van der Waals surface area contributed by atoms with Crippen molar-refractivity contribution in [2.45, 2.75) is 19.9 Å². The minimum Gasteiger partial charge on any atom is -0.496 e. The molecule has 6 nitrogen and oxygen atoms in total. The lowest BCUT2D eigenvalue weighted by Gasteiger charge is -2.10. The predicted octanol–water partition coefficient (Wildman–Crippen LogP) is 3.86. The Labute approximate surface area is 156 Å². The number of ether oxygens (including phenoxy) is 1. The molecule has 0 fully saturated rings. The van der Waals surface area contributed by atoms with Crippen LogP contribution in [0.1, 0.15) is 12.0 Å². The van der Waals surface area contributed by atoms with Crippen LogP contribution in [0.4, 0.5) is 0 Å².